The van der Waals surface area contributed by atoms with Gasteiger partial charge in [0.2, 0.25) is 0 Å². The third-order valence-electron chi connectivity index (χ3n) is 9.79. The second-order valence-corrected chi connectivity index (χ2v) is 20.3. The molecule has 2 fully saturated rings. The first-order valence-electron chi connectivity index (χ1n) is 16.6. The molecule has 4 rings (SSSR count). The molecule has 46 heavy (non-hydrogen) atoms. The number of rotatable bonds is 9. The number of aromatic nitrogens is 2. The van der Waals surface area contributed by atoms with Crippen molar-refractivity contribution < 1.29 is 23.4 Å². The van der Waals surface area contributed by atoms with Crippen LogP contribution in [0.2, 0.25) is 16.6 Å². The Morgan fingerprint density at radius 3 is 2.30 bits per heavy atom. The van der Waals surface area contributed by atoms with Crippen LogP contribution in [0, 0.1) is 11.5 Å². The van der Waals surface area contributed by atoms with E-state index in [9.17, 15) is 4.79 Å². The number of halogens is 1. The molecular formula is C36H53FN4O4Si. The van der Waals surface area contributed by atoms with E-state index in [0.717, 1.165) is 17.5 Å². The van der Waals surface area contributed by atoms with Crippen molar-refractivity contribution in [3.05, 3.63) is 35.9 Å². The number of benzene rings is 1. The summed E-state index contributed by atoms with van der Waals surface area (Å²) in [6, 6.07) is 8.66. The summed E-state index contributed by atoms with van der Waals surface area (Å²) < 4.78 is 32.8. The number of hydrogen-bond donors (Lipinski definition) is 0. The Balaban J connectivity index is 1.56. The van der Waals surface area contributed by atoms with Crippen molar-refractivity contribution in [2.24, 2.45) is 0 Å². The van der Waals surface area contributed by atoms with Gasteiger partial charge in [-0.1, -0.05) is 47.5 Å². The lowest BCUT2D eigenvalue weighted by atomic mass is 9.94. The molecule has 0 spiro atoms. The lowest BCUT2D eigenvalue weighted by Crippen LogP contribution is -2.59. The standard InChI is InChI=1S/C36H53FN4O4Si/c1-23(2)46(24(3)4,25(5)6)19-18-26-12-14-28(32(20-26)44-22-43-11)29-15-17-33(39-38-29)40(10)31-21-27-13-16-30(34(31)37)41(27)35(42)45-36(7,8)9/h12,14-15,17,20,23-25,27,30-31,34H,13,16,21-22H2,1-11H3/t27-,30+,31-,34+/m0/s1. The maximum Gasteiger partial charge on any atom is 0.410 e. The van der Waals surface area contributed by atoms with Gasteiger partial charge in [-0.3, -0.25) is 4.90 Å². The number of anilines is 1. The van der Waals surface area contributed by atoms with Crippen molar-refractivity contribution in [3.63, 3.8) is 0 Å². The molecule has 2 aliphatic rings. The summed E-state index contributed by atoms with van der Waals surface area (Å²) in [4.78, 5) is 16.4. The van der Waals surface area contributed by atoms with E-state index >= 15 is 4.39 Å². The lowest BCUT2D eigenvalue weighted by molar-refractivity contribution is -0.0104. The molecule has 0 unspecified atom stereocenters. The number of ether oxygens (including phenoxy) is 3. The van der Waals surface area contributed by atoms with Crippen LogP contribution in [0.15, 0.2) is 30.3 Å². The van der Waals surface area contributed by atoms with Crippen LogP contribution in [0.4, 0.5) is 15.0 Å². The van der Waals surface area contributed by atoms with Crippen molar-refractivity contribution in [1.82, 2.24) is 15.1 Å². The van der Waals surface area contributed by atoms with E-state index in [-0.39, 0.29) is 12.8 Å². The molecule has 2 saturated heterocycles. The Labute approximate surface area is 276 Å². The molecule has 1 amide bonds. The first-order chi connectivity index (χ1) is 21.6. The fourth-order valence-corrected chi connectivity index (χ4v) is 12.8. The zero-order valence-electron chi connectivity index (χ0n) is 29.6. The summed E-state index contributed by atoms with van der Waals surface area (Å²) in [7, 11) is 1.54. The molecule has 3 heterocycles. The number of nitrogens with zero attached hydrogens (tertiary/aromatic N) is 4. The highest BCUT2D eigenvalue weighted by Crippen LogP contribution is 2.42. The maximum atomic E-state index is 16.0. The third-order valence-corrected chi connectivity index (χ3v) is 16.1. The highest BCUT2D eigenvalue weighted by atomic mass is 28.3. The van der Waals surface area contributed by atoms with Gasteiger partial charge in [-0.25, -0.2) is 9.18 Å². The Morgan fingerprint density at radius 2 is 1.74 bits per heavy atom. The van der Waals surface area contributed by atoms with Crippen LogP contribution in [0.5, 0.6) is 5.75 Å². The molecule has 10 heteroatoms. The molecule has 0 aliphatic carbocycles. The molecule has 1 aromatic carbocycles. The first-order valence-corrected chi connectivity index (χ1v) is 18.8. The van der Waals surface area contributed by atoms with Gasteiger partial charge < -0.3 is 19.1 Å². The van der Waals surface area contributed by atoms with Gasteiger partial charge in [0, 0.05) is 31.3 Å². The van der Waals surface area contributed by atoms with Crippen molar-refractivity contribution >= 4 is 20.0 Å². The SMILES string of the molecule is COCOc1cc(C#C[Si](C(C)C)(C(C)C)C(C)C)ccc1-c1ccc(N(C)[C@H]2C[C@@H]3CC[C@H]([C@H]2F)N3C(=O)OC(C)(C)C)nn1. The van der Waals surface area contributed by atoms with Gasteiger partial charge in [0.25, 0.3) is 0 Å². The van der Waals surface area contributed by atoms with E-state index < -0.39 is 38.0 Å². The van der Waals surface area contributed by atoms with Crippen LogP contribution in [-0.4, -0.2) is 80.1 Å². The second kappa shape index (κ2) is 14.3. The zero-order valence-corrected chi connectivity index (χ0v) is 30.6. The fraction of sp³-hybridized carbons (Fsp3) is 0.639. The topological polar surface area (TPSA) is 77.0 Å². The molecule has 8 nitrogen and oxygen atoms in total. The van der Waals surface area contributed by atoms with Crippen LogP contribution in [0.3, 0.4) is 0 Å². The quantitative estimate of drug-likeness (QED) is 0.154. The van der Waals surface area contributed by atoms with Gasteiger partial charge in [0.1, 0.15) is 25.6 Å². The van der Waals surface area contributed by atoms with Gasteiger partial charge in [-0.15, -0.1) is 15.7 Å². The predicted octanol–water partition coefficient (Wildman–Crippen LogP) is 8.01. The number of carbonyl (C=O) groups excluding carboxylic acids is 1. The smallest absolute Gasteiger partial charge is 0.410 e. The monoisotopic (exact) mass is 652 g/mol. The minimum atomic E-state index is -1.90. The number of piperidine rings is 1. The van der Waals surface area contributed by atoms with Crippen molar-refractivity contribution in [2.75, 3.05) is 25.9 Å². The number of amides is 1. The number of methoxy groups -OCH3 is 1. The summed E-state index contributed by atoms with van der Waals surface area (Å²) in [5.41, 5.74) is 7.07. The second-order valence-electron chi connectivity index (χ2n) is 14.7. The van der Waals surface area contributed by atoms with Gasteiger partial charge in [-0.05, 0) is 87.0 Å². The van der Waals surface area contributed by atoms with E-state index in [1.54, 1.807) is 12.0 Å². The van der Waals surface area contributed by atoms with Crippen LogP contribution in [-0.2, 0) is 9.47 Å². The molecule has 252 valence electrons. The highest BCUT2D eigenvalue weighted by molar-refractivity contribution is 6.90. The van der Waals surface area contributed by atoms with Crippen LogP contribution < -0.4 is 9.64 Å². The van der Waals surface area contributed by atoms with E-state index in [0.29, 0.717) is 46.7 Å². The summed E-state index contributed by atoms with van der Waals surface area (Å²) in [5, 5.41) is 9.03. The summed E-state index contributed by atoms with van der Waals surface area (Å²) in [5.74, 6) is 4.69. The molecule has 1 aromatic heterocycles. The van der Waals surface area contributed by atoms with Crippen LogP contribution >= 0.6 is 0 Å². The maximum absolute atomic E-state index is 16.0. The molecule has 0 saturated carbocycles. The number of alkyl halides is 1. The van der Waals surface area contributed by atoms with Crippen LogP contribution in [0.25, 0.3) is 11.3 Å². The minimum Gasteiger partial charge on any atom is -0.467 e. The number of carbonyl (C=O) groups is 1. The van der Waals surface area contributed by atoms with Gasteiger partial charge in [-0.2, -0.15) is 0 Å². The Kier molecular flexibility index (Phi) is 11.1. The van der Waals surface area contributed by atoms with Gasteiger partial charge in [0.05, 0.1) is 17.8 Å². The molecule has 2 bridgehead atoms. The van der Waals surface area contributed by atoms with Gasteiger partial charge in [0.15, 0.2) is 12.6 Å². The van der Waals surface area contributed by atoms with Crippen molar-refractivity contribution in [3.8, 4) is 28.5 Å². The van der Waals surface area contributed by atoms with Crippen molar-refractivity contribution in [2.45, 2.75) is 128 Å². The van der Waals surface area contributed by atoms with Gasteiger partial charge >= 0.3 is 6.09 Å². The fourth-order valence-electron chi connectivity index (χ4n) is 7.59. The minimum absolute atomic E-state index is 0.0666. The average molecular weight is 653 g/mol. The highest BCUT2D eigenvalue weighted by Gasteiger charge is 2.52. The van der Waals surface area contributed by atoms with Crippen molar-refractivity contribution in [1.29, 1.82) is 0 Å². The third kappa shape index (κ3) is 7.36. The summed E-state index contributed by atoms with van der Waals surface area (Å²) >= 11 is 0. The average Bonchev–Trinajstić information content (AvgIpc) is 3.33. The molecular weight excluding hydrogens is 600 g/mol. The molecule has 0 radical (unpaired) electrons. The largest absolute Gasteiger partial charge is 0.467 e. The first kappa shape index (κ1) is 35.7. The Bertz CT molecular complexity index is 1390. The Morgan fingerprint density at radius 1 is 1.07 bits per heavy atom. The summed E-state index contributed by atoms with van der Waals surface area (Å²) in [6.07, 6.45) is 0.227. The number of hydrogen-bond acceptors (Lipinski definition) is 7. The van der Waals surface area contributed by atoms with E-state index in [4.69, 9.17) is 14.2 Å². The van der Waals surface area contributed by atoms with E-state index in [2.05, 4.69) is 63.2 Å². The van der Waals surface area contributed by atoms with E-state index in [1.807, 2.05) is 63.1 Å². The van der Waals surface area contributed by atoms with Crippen LogP contribution in [0.1, 0.15) is 87.1 Å². The molecule has 0 N–H and O–H groups in total. The molecule has 4 atom stereocenters. The molecule has 2 aromatic rings. The Hall–Kier alpha value is -3.16. The summed E-state index contributed by atoms with van der Waals surface area (Å²) in [6.45, 7) is 19.4. The lowest BCUT2D eigenvalue weighted by Gasteiger charge is -2.44. The van der Waals surface area contributed by atoms with E-state index in [1.165, 1.54) is 0 Å². The number of fused-ring (bicyclic) bond motifs is 2. The molecule has 2 aliphatic heterocycles. The zero-order chi connectivity index (χ0) is 34.0. The predicted molar refractivity (Wildman–Crippen MR) is 184 cm³/mol. The normalized spacial score (nSPS) is 21.4.